The first kappa shape index (κ1) is 13.0. The van der Waals surface area contributed by atoms with Crippen molar-refractivity contribution in [3.63, 3.8) is 0 Å². The number of nitrogens with zero attached hydrogens (tertiary/aromatic N) is 3. The minimum absolute atomic E-state index is 0.0642. The number of rotatable bonds is 6. The van der Waals surface area contributed by atoms with Gasteiger partial charge in [0.2, 0.25) is 5.28 Å². The van der Waals surface area contributed by atoms with Crippen LogP contribution in [0.2, 0.25) is 5.28 Å². The molecule has 0 aliphatic carbocycles. The summed E-state index contributed by atoms with van der Waals surface area (Å²) in [5, 5.41) is 10.7. The lowest BCUT2D eigenvalue weighted by Crippen LogP contribution is -2.27. The number of ether oxygens (including phenoxy) is 2. The van der Waals surface area contributed by atoms with Gasteiger partial charge in [0.1, 0.15) is 5.82 Å². The van der Waals surface area contributed by atoms with E-state index in [-0.39, 0.29) is 11.4 Å². The topological polar surface area (TPSA) is 85.0 Å². The molecule has 0 saturated heterocycles. The maximum atomic E-state index is 5.83. The van der Waals surface area contributed by atoms with Gasteiger partial charge < -0.3 is 14.8 Å². The van der Waals surface area contributed by atoms with Gasteiger partial charge in [0.05, 0.1) is 24.3 Å². The molecule has 8 heteroatoms. The van der Waals surface area contributed by atoms with Gasteiger partial charge in [-0.2, -0.15) is 15.1 Å². The van der Waals surface area contributed by atoms with E-state index < -0.39 is 0 Å². The molecule has 2 rings (SSSR count). The molecule has 0 fully saturated rings. The molecule has 2 aromatic heterocycles. The molecule has 0 amide bonds. The Bertz CT molecular complexity index is 518. The summed E-state index contributed by atoms with van der Waals surface area (Å²) in [5.41, 5.74) is 0.596. The van der Waals surface area contributed by atoms with Crippen LogP contribution >= 0.6 is 11.6 Å². The lowest BCUT2D eigenvalue weighted by atomic mass is 10.3. The molecule has 0 radical (unpaired) electrons. The van der Waals surface area contributed by atoms with Gasteiger partial charge in [-0.25, -0.2) is 0 Å². The lowest BCUT2D eigenvalue weighted by molar-refractivity contribution is 0.0365. The Morgan fingerprint density at radius 1 is 1.44 bits per heavy atom. The number of nitrogens with one attached hydrogen (secondary N) is 2. The molecule has 2 aromatic rings. The van der Waals surface area contributed by atoms with Crippen LogP contribution in [0.4, 0.5) is 5.82 Å². The van der Waals surface area contributed by atoms with Crippen molar-refractivity contribution < 1.29 is 9.47 Å². The van der Waals surface area contributed by atoms with E-state index in [4.69, 9.17) is 21.1 Å². The van der Waals surface area contributed by atoms with Crippen LogP contribution in [0, 0.1) is 0 Å². The number of hydrogen-bond donors (Lipinski definition) is 2. The number of aromatic nitrogens is 4. The summed E-state index contributed by atoms with van der Waals surface area (Å²) in [6.07, 6.45) is 1.58. The summed E-state index contributed by atoms with van der Waals surface area (Å²) >= 11 is 5.83. The Balaban J connectivity index is 2.13. The van der Waals surface area contributed by atoms with E-state index >= 15 is 0 Å². The van der Waals surface area contributed by atoms with Crippen LogP contribution in [0.5, 0.6) is 0 Å². The van der Waals surface area contributed by atoms with Crippen LogP contribution < -0.4 is 5.32 Å². The molecule has 0 spiro atoms. The number of aromatic amines is 1. The average Bonchev–Trinajstić information content (AvgIpc) is 2.82. The van der Waals surface area contributed by atoms with Crippen molar-refractivity contribution in [3.8, 4) is 0 Å². The fourth-order valence-electron chi connectivity index (χ4n) is 1.55. The van der Waals surface area contributed by atoms with Gasteiger partial charge in [-0.05, 0) is 11.6 Å². The third kappa shape index (κ3) is 2.87. The molecule has 0 saturated carbocycles. The lowest BCUT2D eigenvalue weighted by Gasteiger charge is -2.15. The van der Waals surface area contributed by atoms with E-state index in [0.717, 1.165) is 5.39 Å². The van der Waals surface area contributed by atoms with Crippen LogP contribution in [-0.2, 0) is 9.47 Å². The maximum Gasteiger partial charge on any atom is 0.226 e. The van der Waals surface area contributed by atoms with Gasteiger partial charge >= 0.3 is 0 Å². The predicted octanol–water partition coefficient (Wildman–Crippen LogP) is 1.08. The molecule has 98 valence electrons. The molecule has 0 bridgehead atoms. The minimum Gasteiger partial charge on any atom is -0.382 e. The molecule has 0 aliphatic rings. The van der Waals surface area contributed by atoms with Crippen LogP contribution in [0.3, 0.4) is 0 Å². The zero-order valence-electron chi connectivity index (χ0n) is 10.1. The number of fused-ring (bicyclic) bond motifs is 1. The van der Waals surface area contributed by atoms with Crippen LogP contribution in [0.15, 0.2) is 6.20 Å². The van der Waals surface area contributed by atoms with E-state index in [0.29, 0.717) is 24.6 Å². The molecular weight excluding hydrogens is 258 g/mol. The third-order valence-electron chi connectivity index (χ3n) is 2.47. The number of hydrogen-bond acceptors (Lipinski definition) is 6. The van der Waals surface area contributed by atoms with Crippen molar-refractivity contribution in [2.24, 2.45) is 0 Å². The molecule has 0 aromatic carbocycles. The molecule has 7 nitrogen and oxygen atoms in total. The van der Waals surface area contributed by atoms with Crippen molar-refractivity contribution in [1.82, 2.24) is 20.2 Å². The van der Waals surface area contributed by atoms with Crippen molar-refractivity contribution in [3.05, 3.63) is 11.5 Å². The Labute approximate surface area is 109 Å². The summed E-state index contributed by atoms with van der Waals surface area (Å²) in [7, 11) is 3.26. The number of H-pyrrole nitrogens is 1. The van der Waals surface area contributed by atoms with E-state index in [1.165, 1.54) is 0 Å². The van der Waals surface area contributed by atoms with E-state index in [9.17, 15) is 0 Å². The SMILES string of the molecule is COCC(CNc1nc(Cl)nc2[nH]ncc12)OC. The third-order valence-corrected chi connectivity index (χ3v) is 2.63. The first-order valence-corrected chi connectivity index (χ1v) is 5.74. The van der Waals surface area contributed by atoms with Crippen LogP contribution in [0.1, 0.15) is 0 Å². The molecule has 2 N–H and O–H groups in total. The number of anilines is 1. The monoisotopic (exact) mass is 271 g/mol. The zero-order chi connectivity index (χ0) is 13.0. The molecule has 18 heavy (non-hydrogen) atoms. The summed E-state index contributed by atoms with van der Waals surface area (Å²) in [5.74, 6) is 0.622. The highest BCUT2D eigenvalue weighted by molar-refractivity contribution is 6.28. The zero-order valence-corrected chi connectivity index (χ0v) is 10.9. The smallest absolute Gasteiger partial charge is 0.226 e. The molecule has 0 aliphatic heterocycles. The Morgan fingerprint density at radius 2 is 2.28 bits per heavy atom. The normalized spacial score (nSPS) is 12.8. The predicted molar refractivity (Wildman–Crippen MR) is 67.9 cm³/mol. The highest BCUT2D eigenvalue weighted by atomic mass is 35.5. The van der Waals surface area contributed by atoms with Crippen molar-refractivity contribution in [1.29, 1.82) is 0 Å². The van der Waals surface area contributed by atoms with Gasteiger partial charge in [0.25, 0.3) is 0 Å². The minimum atomic E-state index is -0.0642. The van der Waals surface area contributed by atoms with Gasteiger partial charge in [-0.15, -0.1) is 0 Å². The maximum absolute atomic E-state index is 5.83. The van der Waals surface area contributed by atoms with Crippen LogP contribution in [0.25, 0.3) is 11.0 Å². The van der Waals surface area contributed by atoms with Crippen molar-refractivity contribution >= 4 is 28.5 Å². The van der Waals surface area contributed by atoms with Crippen molar-refractivity contribution in [2.75, 3.05) is 32.7 Å². The molecule has 2 heterocycles. The van der Waals surface area contributed by atoms with Crippen molar-refractivity contribution in [2.45, 2.75) is 6.10 Å². The first-order chi connectivity index (χ1) is 8.74. The number of methoxy groups -OCH3 is 2. The summed E-state index contributed by atoms with van der Waals surface area (Å²) < 4.78 is 10.3. The van der Waals surface area contributed by atoms with Gasteiger partial charge in [-0.3, -0.25) is 5.10 Å². The Hall–Kier alpha value is -1.44. The average molecular weight is 272 g/mol. The fraction of sp³-hybridized carbons (Fsp3) is 0.500. The highest BCUT2D eigenvalue weighted by Gasteiger charge is 2.11. The van der Waals surface area contributed by atoms with Gasteiger partial charge in [-0.1, -0.05) is 0 Å². The van der Waals surface area contributed by atoms with Gasteiger partial charge in [0.15, 0.2) is 5.65 Å². The second-order valence-electron chi connectivity index (χ2n) is 3.67. The first-order valence-electron chi connectivity index (χ1n) is 5.36. The molecule has 1 atom stereocenters. The second-order valence-corrected chi connectivity index (χ2v) is 4.01. The molecular formula is C10H14ClN5O2. The highest BCUT2D eigenvalue weighted by Crippen LogP contribution is 2.19. The molecule has 1 unspecified atom stereocenters. The Morgan fingerprint density at radius 3 is 3.00 bits per heavy atom. The standard InChI is InChI=1S/C10H14ClN5O2/c1-17-5-6(18-2)3-12-8-7-4-13-16-9(7)15-10(11)14-8/h4,6H,3,5H2,1-2H3,(H2,12,13,14,15,16). The van der Waals surface area contributed by atoms with E-state index in [1.54, 1.807) is 20.4 Å². The van der Waals surface area contributed by atoms with Crippen LogP contribution in [-0.4, -0.2) is 53.6 Å². The van der Waals surface area contributed by atoms with Gasteiger partial charge in [0, 0.05) is 20.8 Å². The fourth-order valence-corrected chi connectivity index (χ4v) is 1.72. The van der Waals surface area contributed by atoms with E-state index in [2.05, 4.69) is 25.5 Å². The van der Waals surface area contributed by atoms with E-state index in [1.807, 2.05) is 0 Å². The Kier molecular flexibility index (Phi) is 4.29. The quantitative estimate of drug-likeness (QED) is 0.765. The summed E-state index contributed by atoms with van der Waals surface area (Å²) in [4.78, 5) is 8.15. The largest absolute Gasteiger partial charge is 0.382 e. The second kappa shape index (κ2) is 5.94. The number of halogens is 1. The summed E-state index contributed by atoms with van der Waals surface area (Å²) in [6, 6.07) is 0. The summed E-state index contributed by atoms with van der Waals surface area (Å²) in [6.45, 7) is 1.05.